The van der Waals surface area contributed by atoms with E-state index in [1.165, 1.54) is 21.6 Å². The Morgan fingerprint density at radius 3 is 2.75 bits per heavy atom. The fraction of sp³-hybridized carbons (Fsp3) is 0.348. The first-order valence-electron chi connectivity index (χ1n) is 9.61. The maximum absolute atomic E-state index is 13.5. The zero-order valence-electron chi connectivity index (χ0n) is 16.6. The van der Waals surface area contributed by atoms with Gasteiger partial charge in [-0.25, -0.2) is 0 Å². The van der Waals surface area contributed by atoms with Crippen molar-refractivity contribution in [3.63, 3.8) is 0 Å². The first-order chi connectivity index (χ1) is 13.6. The summed E-state index contributed by atoms with van der Waals surface area (Å²) in [4.78, 5) is 18.8. The number of methoxy groups -OCH3 is 1. The van der Waals surface area contributed by atoms with E-state index in [-0.39, 0.29) is 17.1 Å². The molecule has 2 aromatic carbocycles. The molecule has 0 radical (unpaired) electrons. The van der Waals surface area contributed by atoms with Gasteiger partial charge in [0.15, 0.2) is 0 Å². The predicted octanol–water partition coefficient (Wildman–Crippen LogP) is 4.01. The second kappa shape index (κ2) is 8.11. The van der Waals surface area contributed by atoms with Crippen LogP contribution in [0.3, 0.4) is 0 Å². The molecule has 4 rings (SSSR count). The van der Waals surface area contributed by atoms with Gasteiger partial charge in [-0.3, -0.25) is 4.79 Å². The third-order valence-electron chi connectivity index (χ3n) is 5.38. The molecule has 1 aliphatic heterocycles. The minimum atomic E-state index is -0.146. The topological polar surface area (TPSA) is 32.8 Å². The fourth-order valence-corrected chi connectivity index (χ4v) is 5.31. The molecule has 0 fully saturated rings. The summed E-state index contributed by atoms with van der Waals surface area (Å²) in [5.41, 5.74) is 4.65. The molecular formula is C23H26N2O2S. The van der Waals surface area contributed by atoms with E-state index in [0.29, 0.717) is 13.2 Å². The Bertz CT molecular complexity index is 909. The zero-order valence-corrected chi connectivity index (χ0v) is 17.4. The summed E-state index contributed by atoms with van der Waals surface area (Å²) in [5, 5.41) is -0.146. The highest BCUT2D eigenvalue weighted by molar-refractivity contribution is 8.01. The molecule has 0 saturated carbocycles. The smallest absolute Gasteiger partial charge is 0.241 e. The van der Waals surface area contributed by atoms with Crippen LogP contribution in [-0.4, -0.2) is 50.4 Å². The lowest BCUT2D eigenvalue weighted by atomic mass is 9.94. The van der Waals surface area contributed by atoms with Crippen molar-refractivity contribution in [1.29, 1.82) is 0 Å². The molecule has 2 atom stereocenters. The minimum Gasteiger partial charge on any atom is -0.380 e. The largest absolute Gasteiger partial charge is 0.380 e. The number of benzene rings is 2. The Hall–Kier alpha value is -2.08. The SMILES string of the molecule is COCc1cccc2c1C=CC2C1Sc2ccccc2N(CCN(C)C)C1=O. The molecule has 2 aliphatic rings. The van der Waals surface area contributed by atoms with Crippen LogP contribution in [0.25, 0.3) is 6.08 Å². The van der Waals surface area contributed by atoms with Crippen molar-refractivity contribution in [2.75, 3.05) is 39.2 Å². The van der Waals surface area contributed by atoms with Crippen LogP contribution in [-0.2, 0) is 16.1 Å². The summed E-state index contributed by atoms with van der Waals surface area (Å²) in [6.07, 6.45) is 4.35. The van der Waals surface area contributed by atoms with Crippen LogP contribution in [0.1, 0.15) is 22.6 Å². The lowest BCUT2D eigenvalue weighted by Gasteiger charge is -2.36. The molecule has 28 heavy (non-hydrogen) atoms. The lowest BCUT2D eigenvalue weighted by Crippen LogP contribution is -2.45. The quantitative estimate of drug-likeness (QED) is 0.741. The van der Waals surface area contributed by atoms with Gasteiger partial charge in [-0.15, -0.1) is 11.8 Å². The Labute approximate surface area is 171 Å². The van der Waals surface area contributed by atoms with Gasteiger partial charge in [-0.2, -0.15) is 0 Å². The number of fused-ring (bicyclic) bond motifs is 2. The number of anilines is 1. The van der Waals surface area contributed by atoms with Gasteiger partial charge in [0.25, 0.3) is 0 Å². The number of carbonyl (C=O) groups is 1. The first kappa shape index (κ1) is 19.2. The van der Waals surface area contributed by atoms with Crippen molar-refractivity contribution >= 4 is 29.4 Å². The number of thioether (sulfide) groups is 1. The van der Waals surface area contributed by atoms with Gasteiger partial charge in [0, 0.05) is 31.0 Å². The van der Waals surface area contributed by atoms with Crippen molar-refractivity contribution in [3.8, 4) is 0 Å². The summed E-state index contributed by atoms with van der Waals surface area (Å²) in [7, 11) is 5.80. The number of hydrogen-bond donors (Lipinski definition) is 0. The highest BCUT2D eigenvalue weighted by Gasteiger charge is 2.40. The number of likely N-dealkylation sites (N-methyl/N-ethyl adjacent to an activating group) is 1. The van der Waals surface area contributed by atoms with Crippen molar-refractivity contribution in [3.05, 3.63) is 65.2 Å². The Kier molecular flexibility index (Phi) is 5.58. The van der Waals surface area contributed by atoms with Gasteiger partial charge in [-0.1, -0.05) is 42.5 Å². The fourth-order valence-electron chi connectivity index (χ4n) is 3.97. The lowest BCUT2D eigenvalue weighted by molar-refractivity contribution is -0.118. The zero-order chi connectivity index (χ0) is 19.7. The van der Waals surface area contributed by atoms with E-state index in [2.05, 4.69) is 53.5 Å². The molecule has 5 heteroatoms. The Morgan fingerprint density at radius 2 is 1.96 bits per heavy atom. The molecule has 1 heterocycles. The molecule has 4 nitrogen and oxygen atoms in total. The van der Waals surface area contributed by atoms with E-state index in [9.17, 15) is 4.79 Å². The van der Waals surface area contributed by atoms with Gasteiger partial charge in [0.1, 0.15) is 0 Å². The van der Waals surface area contributed by atoms with Gasteiger partial charge < -0.3 is 14.5 Å². The average molecular weight is 395 g/mol. The number of hydrogen-bond acceptors (Lipinski definition) is 4. The van der Waals surface area contributed by atoms with Crippen LogP contribution in [0.4, 0.5) is 5.69 Å². The third kappa shape index (κ3) is 3.50. The van der Waals surface area contributed by atoms with Gasteiger partial charge in [-0.05, 0) is 42.9 Å². The molecule has 2 aromatic rings. The van der Waals surface area contributed by atoms with E-state index in [4.69, 9.17) is 4.74 Å². The molecule has 2 unspecified atom stereocenters. The number of ether oxygens (including phenoxy) is 1. The summed E-state index contributed by atoms with van der Waals surface area (Å²) in [6, 6.07) is 14.6. The third-order valence-corrected chi connectivity index (χ3v) is 6.72. The van der Waals surface area contributed by atoms with E-state index in [1.54, 1.807) is 18.9 Å². The number of amides is 1. The molecule has 146 valence electrons. The van der Waals surface area contributed by atoms with Gasteiger partial charge >= 0.3 is 0 Å². The average Bonchev–Trinajstić information content (AvgIpc) is 3.12. The highest BCUT2D eigenvalue weighted by atomic mass is 32.2. The highest BCUT2D eigenvalue weighted by Crippen LogP contribution is 2.47. The van der Waals surface area contributed by atoms with Crippen LogP contribution in [0.5, 0.6) is 0 Å². The first-order valence-corrected chi connectivity index (χ1v) is 10.5. The summed E-state index contributed by atoms with van der Waals surface area (Å²) in [6.45, 7) is 2.13. The number of allylic oxidation sites excluding steroid dienone is 1. The number of carbonyl (C=O) groups excluding carboxylic acids is 1. The minimum absolute atomic E-state index is 0.0829. The molecule has 0 bridgehead atoms. The predicted molar refractivity (Wildman–Crippen MR) is 116 cm³/mol. The Morgan fingerprint density at radius 1 is 1.14 bits per heavy atom. The Balaban J connectivity index is 1.68. The van der Waals surface area contributed by atoms with Gasteiger partial charge in [0.05, 0.1) is 17.5 Å². The summed E-state index contributed by atoms with van der Waals surface area (Å²) in [5.74, 6) is 0.282. The van der Waals surface area contributed by atoms with E-state index >= 15 is 0 Å². The normalized spacial score (nSPS) is 20.6. The molecule has 0 spiro atoms. The van der Waals surface area contributed by atoms with Crippen LogP contribution >= 0.6 is 11.8 Å². The van der Waals surface area contributed by atoms with E-state index in [0.717, 1.165) is 12.2 Å². The van der Waals surface area contributed by atoms with E-state index < -0.39 is 0 Å². The molecule has 0 saturated heterocycles. The van der Waals surface area contributed by atoms with Crippen molar-refractivity contribution in [1.82, 2.24) is 4.90 Å². The monoisotopic (exact) mass is 394 g/mol. The second-order valence-electron chi connectivity index (χ2n) is 7.54. The van der Waals surface area contributed by atoms with Crippen molar-refractivity contribution in [2.45, 2.75) is 22.7 Å². The molecule has 1 aliphatic carbocycles. The number of rotatable bonds is 6. The number of para-hydroxylation sites is 1. The summed E-state index contributed by atoms with van der Waals surface area (Å²) < 4.78 is 5.35. The van der Waals surface area contributed by atoms with E-state index in [1.807, 2.05) is 25.1 Å². The molecular weight excluding hydrogens is 368 g/mol. The molecule has 0 aromatic heterocycles. The van der Waals surface area contributed by atoms with Crippen molar-refractivity contribution in [2.24, 2.45) is 0 Å². The molecule has 0 N–H and O–H groups in total. The number of nitrogens with zero attached hydrogens (tertiary/aromatic N) is 2. The molecule has 1 amide bonds. The van der Waals surface area contributed by atoms with Crippen molar-refractivity contribution < 1.29 is 9.53 Å². The maximum Gasteiger partial charge on any atom is 0.241 e. The summed E-state index contributed by atoms with van der Waals surface area (Å²) >= 11 is 1.70. The van der Waals surface area contributed by atoms with Crippen LogP contribution in [0.15, 0.2) is 53.4 Å². The van der Waals surface area contributed by atoms with Crippen LogP contribution in [0.2, 0.25) is 0 Å². The van der Waals surface area contributed by atoms with Gasteiger partial charge in [0.2, 0.25) is 5.91 Å². The van der Waals surface area contributed by atoms with Crippen LogP contribution < -0.4 is 4.90 Å². The second-order valence-corrected chi connectivity index (χ2v) is 8.72. The maximum atomic E-state index is 13.5. The standard InChI is InChI=1S/C23H26N2O2S/c1-24(2)13-14-25-20-9-4-5-10-21(20)28-22(23(25)26)19-12-11-17-16(15-27-3)7-6-8-18(17)19/h4-12,19,22H,13-15H2,1-3H3. The van der Waals surface area contributed by atoms with Crippen LogP contribution in [0, 0.1) is 0 Å².